The molecule has 0 aliphatic carbocycles. The van der Waals surface area contributed by atoms with Gasteiger partial charge in [-0.3, -0.25) is 9.52 Å². The Morgan fingerprint density at radius 1 is 1.17 bits per heavy atom. The molecule has 158 valence electrons. The SMILES string of the molecule is Cc1cc(N2CCN(C(=O)c3ccc(Cl)c(NS(C)(=O)=O)c3)CC2)n2ncnc2n1. The molecule has 1 fully saturated rings. The van der Waals surface area contributed by atoms with Crippen LogP contribution in [0, 0.1) is 6.92 Å². The first-order valence-corrected chi connectivity index (χ1v) is 11.5. The number of hydrogen-bond donors (Lipinski definition) is 1. The number of carbonyl (C=O) groups excluding carboxylic acids is 1. The molecule has 1 aromatic carbocycles. The Hall–Kier alpha value is -2.92. The lowest BCUT2D eigenvalue weighted by molar-refractivity contribution is 0.0746. The summed E-state index contributed by atoms with van der Waals surface area (Å²) in [5.74, 6) is 1.24. The predicted octanol–water partition coefficient (Wildman–Crippen LogP) is 1.42. The highest BCUT2D eigenvalue weighted by molar-refractivity contribution is 7.92. The highest BCUT2D eigenvalue weighted by Gasteiger charge is 2.25. The van der Waals surface area contributed by atoms with Crippen LogP contribution >= 0.6 is 11.6 Å². The van der Waals surface area contributed by atoms with Crippen molar-refractivity contribution in [2.75, 3.05) is 42.1 Å². The maximum absolute atomic E-state index is 12.9. The monoisotopic (exact) mass is 449 g/mol. The number of piperazine rings is 1. The van der Waals surface area contributed by atoms with Crippen molar-refractivity contribution in [1.29, 1.82) is 0 Å². The number of carbonyl (C=O) groups is 1. The maximum Gasteiger partial charge on any atom is 0.254 e. The van der Waals surface area contributed by atoms with E-state index in [1.54, 1.807) is 15.5 Å². The Morgan fingerprint density at radius 2 is 1.90 bits per heavy atom. The number of benzene rings is 1. The standard InChI is InChI=1S/C18H20ClN7O3S/c1-12-9-16(26-18(22-12)20-11-21-26)24-5-7-25(8-6-24)17(27)13-3-4-14(19)15(10-13)23-30(2,28)29/h3-4,9-11,23H,5-8H2,1-2H3. The number of rotatable bonds is 4. The Balaban J connectivity index is 1.50. The van der Waals surface area contributed by atoms with Crippen LogP contribution in [0.15, 0.2) is 30.6 Å². The van der Waals surface area contributed by atoms with Crippen molar-refractivity contribution in [3.8, 4) is 0 Å². The van der Waals surface area contributed by atoms with E-state index in [1.807, 2.05) is 13.0 Å². The van der Waals surface area contributed by atoms with Crippen molar-refractivity contribution in [1.82, 2.24) is 24.5 Å². The highest BCUT2D eigenvalue weighted by atomic mass is 35.5. The summed E-state index contributed by atoms with van der Waals surface area (Å²) in [6, 6.07) is 6.51. The van der Waals surface area contributed by atoms with E-state index < -0.39 is 10.0 Å². The normalized spacial score (nSPS) is 14.9. The molecule has 0 atom stereocenters. The van der Waals surface area contributed by atoms with E-state index in [1.165, 1.54) is 18.5 Å². The van der Waals surface area contributed by atoms with Gasteiger partial charge in [0.2, 0.25) is 10.0 Å². The zero-order chi connectivity index (χ0) is 21.5. The van der Waals surface area contributed by atoms with Crippen LogP contribution in [-0.2, 0) is 10.0 Å². The number of sulfonamides is 1. The summed E-state index contributed by atoms with van der Waals surface area (Å²) in [7, 11) is -3.51. The molecule has 0 radical (unpaired) electrons. The van der Waals surface area contributed by atoms with E-state index >= 15 is 0 Å². The third kappa shape index (κ3) is 4.17. The fourth-order valence-corrected chi connectivity index (χ4v) is 4.18. The van der Waals surface area contributed by atoms with Crippen LogP contribution in [0.5, 0.6) is 0 Å². The summed E-state index contributed by atoms with van der Waals surface area (Å²) >= 11 is 6.05. The molecule has 0 unspecified atom stereocenters. The van der Waals surface area contributed by atoms with Gasteiger partial charge in [0.25, 0.3) is 11.7 Å². The number of hydrogen-bond acceptors (Lipinski definition) is 7. The van der Waals surface area contributed by atoms with Crippen LogP contribution in [0.25, 0.3) is 5.78 Å². The van der Waals surface area contributed by atoms with Crippen molar-refractivity contribution < 1.29 is 13.2 Å². The number of amides is 1. The van der Waals surface area contributed by atoms with E-state index in [0.29, 0.717) is 37.5 Å². The first-order valence-electron chi connectivity index (χ1n) is 9.20. The Morgan fingerprint density at radius 3 is 2.60 bits per heavy atom. The largest absolute Gasteiger partial charge is 0.353 e. The van der Waals surface area contributed by atoms with Gasteiger partial charge in [0, 0.05) is 43.5 Å². The quantitative estimate of drug-likeness (QED) is 0.640. The van der Waals surface area contributed by atoms with Crippen molar-refractivity contribution in [2.45, 2.75) is 6.92 Å². The average Bonchev–Trinajstić information content (AvgIpc) is 3.16. The molecule has 1 aliphatic heterocycles. The summed E-state index contributed by atoms with van der Waals surface area (Å²) in [5, 5.41) is 4.46. The van der Waals surface area contributed by atoms with Gasteiger partial charge >= 0.3 is 0 Å². The second-order valence-corrected chi connectivity index (χ2v) is 9.23. The molecule has 30 heavy (non-hydrogen) atoms. The van der Waals surface area contributed by atoms with Gasteiger partial charge in [0.15, 0.2) is 0 Å². The first kappa shape index (κ1) is 20.4. The predicted molar refractivity (Wildman–Crippen MR) is 114 cm³/mol. The molecule has 4 rings (SSSR count). The molecule has 0 bridgehead atoms. The number of aryl methyl sites for hydroxylation is 1. The van der Waals surface area contributed by atoms with E-state index in [0.717, 1.165) is 17.8 Å². The highest BCUT2D eigenvalue weighted by Crippen LogP contribution is 2.25. The Labute approximate surface area is 178 Å². The molecule has 10 nitrogen and oxygen atoms in total. The lowest BCUT2D eigenvalue weighted by atomic mass is 10.1. The fourth-order valence-electron chi connectivity index (χ4n) is 3.39. The third-order valence-corrected chi connectivity index (χ3v) is 5.68. The van der Waals surface area contributed by atoms with Crippen LogP contribution in [0.2, 0.25) is 5.02 Å². The number of halogens is 1. The van der Waals surface area contributed by atoms with Crippen molar-refractivity contribution >= 4 is 44.8 Å². The third-order valence-electron chi connectivity index (χ3n) is 4.76. The minimum Gasteiger partial charge on any atom is -0.353 e. The maximum atomic E-state index is 12.9. The van der Waals surface area contributed by atoms with Gasteiger partial charge in [-0.05, 0) is 25.1 Å². The molecule has 2 aromatic heterocycles. The second kappa shape index (κ2) is 7.73. The molecule has 1 N–H and O–H groups in total. The Bertz CT molecular complexity index is 1220. The molecule has 1 amide bonds. The molecule has 3 heterocycles. The van der Waals surface area contributed by atoms with E-state index in [4.69, 9.17) is 11.6 Å². The van der Waals surface area contributed by atoms with Crippen LogP contribution in [0.1, 0.15) is 16.1 Å². The van der Waals surface area contributed by atoms with Crippen LogP contribution < -0.4 is 9.62 Å². The van der Waals surface area contributed by atoms with Gasteiger partial charge < -0.3 is 9.80 Å². The van der Waals surface area contributed by atoms with Crippen molar-refractivity contribution in [3.63, 3.8) is 0 Å². The van der Waals surface area contributed by atoms with Gasteiger partial charge in [-0.1, -0.05) is 11.6 Å². The van der Waals surface area contributed by atoms with Crippen LogP contribution in [0.4, 0.5) is 11.5 Å². The lowest BCUT2D eigenvalue weighted by Crippen LogP contribution is -2.49. The van der Waals surface area contributed by atoms with Gasteiger partial charge in [-0.2, -0.15) is 14.6 Å². The molecule has 1 saturated heterocycles. The zero-order valence-electron chi connectivity index (χ0n) is 16.4. The van der Waals surface area contributed by atoms with Gasteiger partial charge in [-0.25, -0.2) is 13.4 Å². The number of nitrogens with one attached hydrogen (secondary N) is 1. The number of aromatic nitrogens is 4. The second-order valence-electron chi connectivity index (χ2n) is 7.08. The number of nitrogens with zero attached hydrogens (tertiary/aromatic N) is 6. The molecular weight excluding hydrogens is 430 g/mol. The van der Waals surface area contributed by atoms with E-state index in [2.05, 4.69) is 24.7 Å². The van der Waals surface area contributed by atoms with Crippen LogP contribution in [-0.4, -0.2) is 71.2 Å². The van der Waals surface area contributed by atoms with Gasteiger partial charge in [-0.15, -0.1) is 0 Å². The fraction of sp³-hybridized carbons (Fsp3) is 0.333. The van der Waals surface area contributed by atoms with Gasteiger partial charge in [0.05, 0.1) is 17.0 Å². The number of fused-ring (bicyclic) bond motifs is 1. The molecule has 12 heteroatoms. The zero-order valence-corrected chi connectivity index (χ0v) is 18.0. The summed E-state index contributed by atoms with van der Waals surface area (Å²) in [4.78, 5) is 25.3. The molecule has 0 spiro atoms. The summed E-state index contributed by atoms with van der Waals surface area (Å²) in [6.07, 6.45) is 2.50. The Kier molecular flexibility index (Phi) is 5.24. The van der Waals surface area contributed by atoms with Crippen molar-refractivity contribution in [2.24, 2.45) is 0 Å². The molecule has 3 aromatic rings. The van der Waals surface area contributed by atoms with Gasteiger partial charge in [0.1, 0.15) is 12.1 Å². The van der Waals surface area contributed by atoms with Crippen LogP contribution in [0.3, 0.4) is 0 Å². The first-order chi connectivity index (χ1) is 14.2. The minimum atomic E-state index is -3.51. The van der Waals surface area contributed by atoms with Crippen molar-refractivity contribution in [3.05, 3.63) is 46.9 Å². The molecule has 0 saturated carbocycles. The summed E-state index contributed by atoms with van der Waals surface area (Å²) < 4.78 is 27.1. The average molecular weight is 450 g/mol. The van der Waals surface area contributed by atoms with E-state index in [9.17, 15) is 13.2 Å². The summed E-state index contributed by atoms with van der Waals surface area (Å²) in [6.45, 7) is 4.15. The molecular formula is C18H20ClN7O3S. The minimum absolute atomic E-state index is 0.181. The summed E-state index contributed by atoms with van der Waals surface area (Å²) in [5.41, 5.74) is 1.40. The van der Waals surface area contributed by atoms with E-state index in [-0.39, 0.29) is 16.6 Å². The molecule has 1 aliphatic rings. The topological polar surface area (TPSA) is 113 Å². The smallest absolute Gasteiger partial charge is 0.254 e. The lowest BCUT2D eigenvalue weighted by Gasteiger charge is -2.36. The number of anilines is 2.